The number of hydrogen-bond donors (Lipinski definition) is 1. The van der Waals surface area contributed by atoms with Crippen LogP contribution in [0, 0.1) is 0 Å². The number of morpholine rings is 1. The molecule has 1 unspecified atom stereocenters. The molecule has 1 N–H and O–H groups in total. The number of ether oxygens (including phenoxy) is 1. The Bertz CT molecular complexity index is 1030. The third-order valence-corrected chi connectivity index (χ3v) is 6.86. The zero-order valence-corrected chi connectivity index (χ0v) is 18.1. The van der Waals surface area contributed by atoms with Gasteiger partial charge >= 0.3 is 0 Å². The number of nitrogens with zero attached hydrogens (tertiary/aromatic N) is 2. The molecule has 2 aliphatic heterocycles. The molecule has 2 aliphatic rings. The number of benzene rings is 2. The van der Waals surface area contributed by atoms with Gasteiger partial charge in [0.1, 0.15) is 6.61 Å². The van der Waals surface area contributed by atoms with Crippen molar-refractivity contribution in [2.45, 2.75) is 37.8 Å². The highest BCUT2D eigenvalue weighted by Crippen LogP contribution is 2.31. The number of carbonyl (C=O) groups is 1. The summed E-state index contributed by atoms with van der Waals surface area (Å²) in [7, 11) is 0. The Balaban J connectivity index is 1.20. The fraction of sp³-hybridized carbons (Fsp3) is 0.423. The van der Waals surface area contributed by atoms with Gasteiger partial charge in [0.2, 0.25) is 5.91 Å². The second-order valence-electron chi connectivity index (χ2n) is 9.05. The summed E-state index contributed by atoms with van der Waals surface area (Å²) in [6.07, 6.45) is 6.00. The van der Waals surface area contributed by atoms with Gasteiger partial charge in [0.05, 0.1) is 5.60 Å². The van der Waals surface area contributed by atoms with Crippen LogP contribution in [0.1, 0.15) is 30.4 Å². The molecule has 2 saturated heterocycles. The first kappa shape index (κ1) is 20.3. The number of amides is 1. The zero-order valence-electron chi connectivity index (χ0n) is 18.1. The minimum absolute atomic E-state index is 0.127. The number of H-pyrrole nitrogens is 1. The molecule has 2 fully saturated rings. The van der Waals surface area contributed by atoms with Crippen LogP contribution in [0.3, 0.4) is 0 Å². The van der Waals surface area contributed by atoms with Crippen molar-refractivity contribution in [1.29, 1.82) is 0 Å². The van der Waals surface area contributed by atoms with Crippen LogP contribution in [0.4, 0.5) is 0 Å². The smallest absolute Gasteiger partial charge is 0.248 e. The largest absolute Gasteiger partial charge is 0.363 e. The molecule has 0 radical (unpaired) electrons. The van der Waals surface area contributed by atoms with Crippen LogP contribution in [0.25, 0.3) is 10.9 Å². The van der Waals surface area contributed by atoms with Gasteiger partial charge in [-0.3, -0.25) is 9.69 Å². The van der Waals surface area contributed by atoms with Gasteiger partial charge in [-0.05, 0) is 66.9 Å². The van der Waals surface area contributed by atoms with Gasteiger partial charge in [0.15, 0.2) is 0 Å². The number of likely N-dealkylation sites (tertiary alicyclic amines) is 1. The van der Waals surface area contributed by atoms with E-state index in [1.807, 2.05) is 17.2 Å². The summed E-state index contributed by atoms with van der Waals surface area (Å²) in [6.45, 7) is 4.77. The SMILES string of the molecule is O=C1COC2(CCCN(Cc3ccc4[nH]ccc4c3)CC2)CN1CCc1ccccc1. The van der Waals surface area contributed by atoms with E-state index in [9.17, 15) is 4.79 Å². The third kappa shape index (κ3) is 4.68. The fourth-order valence-electron chi connectivity index (χ4n) is 5.04. The van der Waals surface area contributed by atoms with Crippen molar-refractivity contribution in [3.63, 3.8) is 0 Å². The number of nitrogens with one attached hydrogen (secondary N) is 1. The normalized spacial score (nSPS) is 22.8. The fourth-order valence-corrected chi connectivity index (χ4v) is 5.04. The van der Waals surface area contributed by atoms with Crippen LogP contribution < -0.4 is 0 Å². The Morgan fingerprint density at radius 3 is 2.81 bits per heavy atom. The summed E-state index contributed by atoms with van der Waals surface area (Å²) in [4.78, 5) is 20.3. The first-order valence-corrected chi connectivity index (χ1v) is 11.4. The maximum Gasteiger partial charge on any atom is 0.248 e. The molecule has 31 heavy (non-hydrogen) atoms. The molecule has 1 aromatic heterocycles. The van der Waals surface area contributed by atoms with Gasteiger partial charge in [-0.15, -0.1) is 0 Å². The van der Waals surface area contributed by atoms with E-state index in [0.717, 1.165) is 58.4 Å². The highest BCUT2D eigenvalue weighted by Gasteiger charge is 2.40. The van der Waals surface area contributed by atoms with Crippen molar-refractivity contribution in [2.75, 3.05) is 32.8 Å². The summed E-state index contributed by atoms with van der Waals surface area (Å²) >= 11 is 0. The van der Waals surface area contributed by atoms with Crippen LogP contribution in [0.5, 0.6) is 0 Å². The van der Waals surface area contributed by atoms with Crippen LogP contribution in [-0.4, -0.2) is 59.1 Å². The molecule has 1 spiro atoms. The van der Waals surface area contributed by atoms with Crippen LogP contribution in [0.15, 0.2) is 60.8 Å². The van der Waals surface area contributed by atoms with Crippen LogP contribution in [0.2, 0.25) is 0 Å². The van der Waals surface area contributed by atoms with Crippen molar-refractivity contribution < 1.29 is 9.53 Å². The predicted octanol–water partition coefficient (Wildman–Crippen LogP) is 3.99. The molecule has 5 heteroatoms. The lowest BCUT2D eigenvalue weighted by molar-refractivity contribution is -0.165. The van der Waals surface area contributed by atoms with Gasteiger partial charge in [0, 0.05) is 37.9 Å². The van der Waals surface area contributed by atoms with Crippen LogP contribution >= 0.6 is 0 Å². The van der Waals surface area contributed by atoms with Gasteiger partial charge < -0.3 is 14.6 Å². The molecule has 3 heterocycles. The predicted molar refractivity (Wildman–Crippen MR) is 123 cm³/mol. The average Bonchev–Trinajstić information content (AvgIpc) is 3.18. The summed E-state index contributed by atoms with van der Waals surface area (Å²) in [5.41, 5.74) is 3.63. The second-order valence-corrected chi connectivity index (χ2v) is 9.05. The van der Waals surface area contributed by atoms with E-state index in [4.69, 9.17) is 4.74 Å². The summed E-state index contributed by atoms with van der Waals surface area (Å²) < 4.78 is 6.20. The number of rotatable bonds is 5. The Morgan fingerprint density at radius 1 is 1.00 bits per heavy atom. The van der Waals surface area contributed by atoms with E-state index < -0.39 is 0 Å². The molecule has 2 aromatic carbocycles. The van der Waals surface area contributed by atoms with E-state index in [1.165, 1.54) is 22.0 Å². The highest BCUT2D eigenvalue weighted by atomic mass is 16.5. The maximum absolute atomic E-state index is 12.5. The summed E-state index contributed by atoms with van der Waals surface area (Å²) in [5, 5.41) is 1.27. The quantitative estimate of drug-likeness (QED) is 0.683. The molecular weight excluding hydrogens is 386 g/mol. The van der Waals surface area contributed by atoms with E-state index in [0.29, 0.717) is 0 Å². The van der Waals surface area contributed by atoms with Crippen molar-refractivity contribution in [3.8, 4) is 0 Å². The van der Waals surface area contributed by atoms with E-state index in [-0.39, 0.29) is 18.1 Å². The topological polar surface area (TPSA) is 48.6 Å². The molecule has 0 bridgehead atoms. The first-order chi connectivity index (χ1) is 15.2. The van der Waals surface area contributed by atoms with Crippen molar-refractivity contribution in [1.82, 2.24) is 14.8 Å². The number of hydrogen-bond acceptors (Lipinski definition) is 3. The summed E-state index contributed by atoms with van der Waals surface area (Å²) in [6, 6.07) is 19.2. The third-order valence-electron chi connectivity index (χ3n) is 6.86. The molecule has 0 aliphatic carbocycles. The monoisotopic (exact) mass is 417 g/mol. The molecular formula is C26H31N3O2. The van der Waals surface area contributed by atoms with Crippen molar-refractivity contribution in [3.05, 3.63) is 71.9 Å². The molecule has 1 atom stereocenters. The lowest BCUT2D eigenvalue weighted by atomic mass is 9.92. The molecule has 3 aromatic rings. The standard InChI is InChI=1S/C26H31N3O2/c30-25-19-31-26(20-29(25)15-10-21-5-2-1-3-6-21)11-4-14-28(16-12-26)18-22-7-8-24-23(17-22)9-13-27-24/h1-3,5-9,13,17,27H,4,10-12,14-16,18-20H2. The van der Waals surface area contributed by atoms with E-state index in [2.05, 4.69) is 58.4 Å². The number of carbonyl (C=O) groups excluding carboxylic acids is 1. The Labute approximate surface area is 184 Å². The average molecular weight is 418 g/mol. The zero-order chi connectivity index (χ0) is 21.1. The molecule has 1 amide bonds. The molecule has 5 nitrogen and oxygen atoms in total. The Kier molecular flexibility index (Phi) is 5.79. The van der Waals surface area contributed by atoms with E-state index >= 15 is 0 Å². The lowest BCUT2D eigenvalue weighted by Crippen LogP contribution is -2.55. The number of aromatic nitrogens is 1. The van der Waals surface area contributed by atoms with Crippen LogP contribution in [-0.2, 0) is 22.5 Å². The first-order valence-electron chi connectivity index (χ1n) is 11.4. The van der Waals surface area contributed by atoms with Gasteiger partial charge in [-0.2, -0.15) is 0 Å². The summed E-state index contributed by atoms with van der Waals surface area (Å²) in [5.74, 6) is 0.127. The lowest BCUT2D eigenvalue weighted by Gasteiger charge is -2.42. The highest BCUT2D eigenvalue weighted by molar-refractivity contribution is 5.80. The van der Waals surface area contributed by atoms with Crippen molar-refractivity contribution in [2.24, 2.45) is 0 Å². The maximum atomic E-state index is 12.5. The van der Waals surface area contributed by atoms with Crippen molar-refractivity contribution >= 4 is 16.8 Å². The second kappa shape index (κ2) is 8.85. The Hall–Kier alpha value is -2.63. The number of aromatic amines is 1. The van der Waals surface area contributed by atoms with Gasteiger partial charge in [-0.25, -0.2) is 0 Å². The Morgan fingerprint density at radius 2 is 1.90 bits per heavy atom. The van der Waals surface area contributed by atoms with Gasteiger partial charge in [0.25, 0.3) is 0 Å². The molecule has 5 rings (SSSR count). The molecule has 0 saturated carbocycles. The number of fused-ring (bicyclic) bond motifs is 1. The van der Waals surface area contributed by atoms with Gasteiger partial charge in [-0.1, -0.05) is 36.4 Å². The minimum Gasteiger partial charge on any atom is -0.363 e. The minimum atomic E-state index is -0.191. The van der Waals surface area contributed by atoms with E-state index in [1.54, 1.807) is 0 Å². The molecule has 162 valence electrons.